The molecule has 0 fully saturated rings. The lowest BCUT2D eigenvalue weighted by atomic mass is 10.2. The van der Waals surface area contributed by atoms with Gasteiger partial charge in [0.05, 0.1) is 8.81 Å². The van der Waals surface area contributed by atoms with Gasteiger partial charge in [-0.25, -0.2) is 0 Å². The Bertz CT molecular complexity index is 583. The minimum atomic E-state index is -1.57. The highest BCUT2D eigenvalue weighted by Crippen LogP contribution is 2.38. The molecule has 5 heteroatoms. The lowest BCUT2D eigenvalue weighted by Gasteiger charge is -2.11. The van der Waals surface area contributed by atoms with Crippen LogP contribution in [0.3, 0.4) is 0 Å². The van der Waals surface area contributed by atoms with Crippen molar-refractivity contribution in [2.75, 3.05) is 6.26 Å². The number of hydrogen-bond acceptors (Lipinski definition) is 3. The first-order valence-electron chi connectivity index (χ1n) is 6.54. The predicted molar refractivity (Wildman–Crippen MR) is 106 cm³/mol. The van der Waals surface area contributed by atoms with Gasteiger partial charge in [-0.1, -0.05) is 61.7 Å². The number of thiol groups is 1. The molecular formula is C17H20O2P2S. The molecule has 0 aliphatic heterocycles. The molecule has 0 saturated heterocycles. The van der Waals surface area contributed by atoms with Crippen LogP contribution in [-0.4, -0.2) is 11.1 Å². The fraction of sp³-hybridized carbons (Fsp3) is 0.0588. The van der Waals surface area contributed by atoms with E-state index >= 15 is 0 Å². The van der Waals surface area contributed by atoms with Crippen molar-refractivity contribution in [2.45, 2.75) is 0 Å². The average molecular weight is 350 g/mol. The molecule has 116 valence electrons. The molecule has 2 aromatic carbocycles. The maximum atomic E-state index is 10.1. The Kier molecular flexibility index (Phi) is 9.31. The predicted octanol–water partition coefficient (Wildman–Crippen LogP) is 4.38. The molecule has 0 bridgehead atoms. The van der Waals surface area contributed by atoms with Gasteiger partial charge in [-0.3, -0.25) is 0 Å². The van der Waals surface area contributed by atoms with E-state index in [0.717, 1.165) is 21.7 Å². The van der Waals surface area contributed by atoms with Crippen LogP contribution >= 0.6 is 29.8 Å². The van der Waals surface area contributed by atoms with E-state index in [0.29, 0.717) is 0 Å². The zero-order chi connectivity index (χ0) is 16.4. The monoisotopic (exact) mass is 350 g/mol. The molecule has 22 heavy (non-hydrogen) atoms. The summed E-state index contributed by atoms with van der Waals surface area (Å²) in [6.45, 7) is 7.42. The summed E-state index contributed by atoms with van der Waals surface area (Å²) < 4.78 is 5.56. The summed E-state index contributed by atoms with van der Waals surface area (Å²) in [5, 5.41) is 1.86. The van der Waals surface area contributed by atoms with Gasteiger partial charge in [-0.2, -0.15) is 12.6 Å². The van der Waals surface area contributed by atoms with E-state index < -0.39 is 8.38 Å². The van der Waals surface area contributed by atoms with Crippen molar-refractivity contribution in [3.8, 4) is 0 Å². The maximum Gasteiger partial charge on any atom is 0.205 e. The average Bonchev–Trinajstić information content (AvgIpc) is 2.62. The third-order valence-corrected chi connectivity index (χ3v) is 5.11. The fourth-order valence-corrected chi connectivity index (χ4v) is 3.47. The van der Waals surface area contributed by atoms with E-state index in [1.165, 1.54) is 0 Å². The third kappa shape index (κ3) is 6.04. The standard InChI is InChI=1S/C16H16O2P2.CH4S/c1-3-13-5-9-15(10-6-13)19-18-20(17)16-11-7-14(4-2)8-12-16;1-2/h3-12,17,19H,1-2H2;2H,1H3. The second-order valence-corrected chi connectivity index (χ2v) is 6.66. The van der Waals surface area contributed by atoms with Crippen molar-refractivity contribution >= 4 is 52.6 Å². The summed E-state index contributed by atoms with van der Waals surface area (Å²) in [7, 11) is -1.44. The molecule has 0 amide bonds. The van der Waals surface area contributed by atoms with Crippen LogP contribution < -0.4 is 10.6 Å². The van der Waals surface area contributed by atoms with Crippen LogP contribution in [0.2, 0.25) is 0 Å². The minimum absolute atomic E-state index is 0.130. The SMILES string of the molecule is C=Cc1ccc(POP(O)c2ccc(C=C)cc2)cc1.CS. The molecule has 0 spiro atoms. The Hall–Kier alpha value is -0.950. The van der Waals surface area contributed by atoms with Gasteiger partial charge in [0, 0.05) is 5.30 Å². The molecule has 2 aromatic rings. The lowest BCUT2D eigenvalue weighted by molar-refractivity contribution is 0.535. The van der Waals surface area contributed by atoms with E-state index in [2.05, 4.69) is 25.8 Å². The molecule has 0 heterocycles. The van der Waals surface area contributed by atoms with Crippen molar-refractivity contribution < 1.29 is 9.20 Å². The van der Waals surface area contributed by atoms with E-state index in [1.807, 2.05) is 48.5 Å². The third-order valence-electron chi connectivity index (χ3n) is 2.75. The van der Waals surface area contributed by atoms with E-state index in [-0.39, 0.29) is 8.81 Å². The number of benzene rings is 2. The fourth-order valence-electron chi connectivity index (χ4n) is 1.57. The smallest absolute Gasteiger partial charge is 0.205 e. The minimum Gasteiger partial charge on any atom is -0.346 e. The first-order valence-corrected chi connectivity index (χ1v) is 9.56. The quantitative estimate of drug-likeness (QED) is 0.598. The molecule has 2 atom stereocenters. The van der Waals surface area contributed by atoms with Crippen LogP contribution in [0, 0.1) is 0 Å². The van der Waals surface area contributed by atoms with Gasteiger partial charge < -0.3 is 9.20 Å². The van der Waals surface area contributed by atoms with E-state index in [4.69, 9.17) is 4.31 Å². The van der Waals surface area contributed by atoms with Gasteiger partial charge in [0.15, 0.2) is 0 Å². The van der Waals surface area contributed by atoms with Gasteiger partial charge in [-0.15, -0.1) is 0 Å². The molecule has 0 radical (unpaired) electrons. The molecule has 2 unspecified atom stereocenters. The van der Waals surface area contributed by atoms with E-state index in [1.54, 1.807) is 18.4 Å². The topological polar surface area (TPSA) is 29.5 Å². The molecule has 0 aliphatic carbocycles. The van der Waals surface area contributed by atoms with Crippen molar-refractivity contribution in [3.05, 3.63) is 72.8 Å². The first-order chi connectivity index (χ1) is 10.7. The normalized spacial score (nSPS) is 11.6. The Morgan fingerprint density at radius 2 is 1.41 bits per heavy atom. The van der Waals surface area contributed by atoms with Crippen molar-refractivity contribution in [1.82, 2.24) is 0 Å². The molecule has 2 rings (SSSR count). The van der Waals surface area contributed by atoms with Gasteiger partial charge in [0.2, 0.25) is 8.38 Å². The summed E-state index contributed by atoms with van der Waals surface area (Å²) in [4.78, 5) is 10.1. The van der Waals surface area contributed by atoms with Crippen LogP contribution in [0.25, 0.3) is 12.2 Å². The highest BCUT2D eigenvalue weighted by Gasteiger charge is 2.09. The van der Waals surface area contributed by atoms with Crippen LogP contribution in [0.1, 0.15) is 11.1 Å². The Labute approximate surface area is 141 Å². The zero-order valence-corrected chi connectivity index (χ0v) is 15.2. The molecular weight excluding hydrogens is 330 g/mol. The van der Waals surface area contributed by atoms with Gasteiger partial charge >= 0.3 is 0 Å². The summed E-state index contributed by atoms with van der Waals surface area (Å²) in [6.07, 6.45) is 5.26. The molecule has 1 N–H and O–H groups in total. The highest BCUT2D eigenvalue weighted by molar-refractivity contribution is 7.79. The maximum absolute atomic E-state index is 10.1. The van der Waals surface area contributed by atoms with Crippen LogP contribution in [-0.2, 0) is 4.31 Å². The number of rotatable bonds is 6. The van der Waals surface area contributed by atoms with Gasteiger partial charge in [-0.05, 0) is 34.8 Å². The Balaban J connectivity index is 0.00000116. The molecule has 2 nitrogen and oxygen atoms in total. The lowest BCUT2D eigenvalue weighted by Crippen LogP contribution is -2.01. The zero-order valence-electron chi connectivity index (χ0n) is 12.4. The van der Waals surface area contributed by atoms with Gasteiger partial charge in [0.25, 0.3) is 0 Å². The number of hydrogen-bond donors (Lipinski definition) is 2. The van der Waals surface area contributed by atoms with Crippen LogP contribution in [0.4, 0.5) is 0 Å². The highest BCUT2D eigenvalue weighted by atomic mass is 32.1. The van der Waals surface area contributed by atoms with Crippen molar-refractivity contribution in [2.24, 2.45) is 0 Å². The largest absolute Gasteiger partial charge is 0.346 e. The molecule has 0 aliphatic rings. The van der Waals surface area contributed by atoms with Gasteiger partial charge in [0.1, 0.15) is 0 Å². The molecule has 0 aromatic heterocycles. The summed E-state index contributed by atoms with van der Waals surface area (Å²) in [6, 6.07) is 15.5. The first kappa shape index (κ1) is 19.1. The second-order valence-electron chi connectivity index (χ2n) is 4.09. The second kappa shape index (κ2) is 10.7. The van der Waals surface area contributed by atoms with Crippen LogP contribution in [0.15, 0.2) is 61.7 Å². The Morgan fingerprint density at radius 3 is 1.86 bits per heavy atom. The van der Waals surface area contributed by atoms with E-state index in [9.17, 15) is 4.89 Å². The Morgan fingerprint density at radius 1 is 0.955 bits per heavy atom. The summed E-state index contributed by atoms with van der Waals surface area (Å²) in [5.74, 6) is 0. The van der Waals surface area contributed by atoms with Crippen molar-refractivity contribution in [3.63, 3.8) is 0 Å². The summed E-state index contributed by atoms with van der Waals surface area (Å²) >= 11 is 3.53. The summed E-state index contributed by atoms with van der Waals surface area (Å²) in [5.41, 5.74) is 2.10. The van der Waals surface area contributed by atoms with Crippen molar-refractivity contribution in [1.29, 1.82) is 0 Å². The molecule has 0 saturated carbocycles. The van der Waals surface area contributed by atoms with Crippen LogP contribution in [0.5, 0.6) is 0 Å².